The lowest BCUT2D eigenvalue weighted by atomic mass is 10.1. The zero-order chi connectivity index (χ0) is 19.2. The average molecular weight is 365 g/mol. The van der Waals surface area contributed by atoms with E-state index in [2.05, 4.69) is 15.5 Å². The summed E-state index contributed by atoms with van der Waals surface area (Å²) in [5.41, 5.74) is 4.16. The minimum Gasteiger partial charge on any atom is -0.496 e. The van der Waals surface area contributed by atoms with Gasteiger partial charge < -0.3 is 14.6 Å². The number of nitrogens with one attached hydrogen (secondary N) is 1. The van der Waals surface area contributed by atoms with Crippen LogP contribution in [0.15, 0.2) is 47.0 Å². The Bertz CT molecular complexity index is 934. The lowest BCUT2D eigenvalue weighted by molar-refractivity contribution is -0.121. The van der Waals surface area contributed by atoms with Gasteiger partial charge in [0.05, 0.1) is 13.7 Å². The molecule has 0 saturated carbocycles. The van der Waals surface area contributed by atoms with Gasteiger partial charge in [0.2, 0.25) is 17.6 Å². The molecule has 0 aliphatic carbocycles. The Morgan fingerprint density at radius 3 is 2.70 bits per heavy atom. The van der Waals surface area contributed by atoms with Crippen LogP contribution in [0, 0.1) is 13.8 Å². The van der Waals surface area contributed by atoms with Crippen LogP contribution in [0.4, 0.5) is 0 Å². The quantitative estimate of drug-likeness (QED) is 0.692. The number of benzene rings is 2. The fraction of sp³-hybridized carbons (Fsp3) is 0.286. The number of nitrogens with zero attached hydrogens (tertiary/aromatic N) is 2. The maximum absolute atomic E-state index is 12.1. The van der Waals surface area contributed by atoms with E-state index in [0.717, 1.165) is 28.0 Å². The van der Waals surface area contributed by atoms with Crippen LogP contribution in [-0.4, -0.2) is 23.2 Å². The fourth-order valence-corrected chi connectivity index (χ4v) is 2.88. The molecule has 0 radical (unpaired) electrons. The molecular formula is C21H23N3O3. The highest BCUT2D eigenvalue weighted by molar-refractivity contribution is 5.76. The first kappa shape index (κ1) is 18.6. The second-order valence-corrected chi connectivity index (χ2v) is 6.41. The Kier molecular flexibility index (Phi) is 5.86. The fourth-order valence-electron chi connectivity index (χ4n) is 2.88. The summed E-state index contributed by atoms with van der Waals surface area (Å²) in [6, 6.07) is 13.8. The molecule has 1 amide bonds. The van der Waals surface area contributed by atoms with E-state index < -0.39 is 0 Å². The van der Waals surface area contributed by atoms with Gasteiger partial charge in [-0.05, 0) is 43.0 Å². The number of amides is 1. The Labute approximate surface area is 158 Å². The molecule has 3 rings (SSSR count). The van der Waals surface area contributed by atoms with Crippen LogP contribution < -0.4 is 10.1 Å². The van der Waals surface area contributed by atoms with E-state index in [1.165, 1.54) is 0 Å². The third kappa shape index (κ3) is 4.73. The van der Waals surface area contributed by atoms with Crippen molar-refractivity contribution in [3.8, 4) is 17.1 Å². The lowest BCUT2D eigenvalue weighted by Crippen LogP contribution is -2.23. The summed E-state index contributed by atoms with van der Waals surface area (Å²) in [5, 5.41) is 6.82. The predicted molar refractivity (Wildman–Crippen MR) is 102 cm³/mol. The molecule has 0 fully saturated rings. The molecule has 0 saturated heterocycles. The minimum atomic E-state index is -0.0564. The molecule has 3 aromatic rings. The van der Waals surface area contributed by atoms with E-state index in [1.54, 1.807) is 7.11 Å². The van der Waals surface area contributed by atoms with E-state index in [9.17, 15) is 4.79 Å². The number of methoxy groups -OCH3 is 1. The van der Waals surface area contributed by atoms with Gasteiger partial charge in [-0.2, -0.15) is 4.98 Å². The summed E-state index contributed by atoms with van der Waals surface area (Å²) in [7, 11) is 1.65. The molecule has 0 aliphatic heterocycles. The number of carbonyl (C=O) groups is 1. The monoisotopic (exact) mass is 365 g/mol. The molecule has 27 heavy (non-hydrogen) atoms. The highest BCUT2D eigenvalue weighted by Gasteiger charge is 2.11. The Hall–Kier alpha value is -3.15. The number of hydrogen-bond donors (Lipinski definition) is 1. The summed E-state index contributed by atoms with van der Waals surface area (Å²) in [5.74, 6) is 1.72. The molecule has 2 aromatic carbocycles. The minimum absolute atomic E-state index is 0.0564. The van der Waals surface area contributed by atoms with Gasteiger partial charge in [-0.15, -0.1) is 0 Å². The Morgan fingerprint density at radius 1 is 1.15 bits per heavy atom. The van der Waals surface area contributed by atoms with E-state index in [0.29, 0.717) is 24.6 Å². The first-order valence-electron chi connectivity index (χ1n) is 8.85. The molecule has 1 heterocycles. The predicted octanol–water partition coefficient (Wildman–Crippen LogP) is 3.61. The van der Waals surface area contributed by atoms with Gasteiger partial charge in [-0.3, -0.25) is 4.79 Å². The average Bonchev–Trinajstić information content (AvgIpc) is 3.14. The molecule has 6 nitrogen and oxygen atoms in total. The molecule has 0 aliphatic rings. The second kappa shape index (κ2) is 8.49. The van der Waals surface area contributed by atoms with Crippen molar-refractivity contribution in [2.45, 2.75) is 33.2 Å². The van der Waals surface area contributed by atoms with Crippen molar-refractivity contribution in [1.29, 1.82) is 0 Å². The number of ether oxygens (including phenoxy) is 1. The van der Waals surface area contributed by atoms with Gasteiger partial charge in [0.1, 0.15) is 5.75 Å². The summed E-state index contributed by atoms with van der Waals surface area (Å²) in [6.07, 6.45) is 1.06. The van der Waals surface area contributed by atoms with Crippen LogP contribution in [0.5, 0.6) is 5.75 Å². The smallest absolute Gasteiger partial charge is 0.246 e. The summed E-state index contributed by atoms with van der Waals surface area (Å²) < 4.78 is 10.5. The molecule has 6 heteroatoms. The number of aryl methyl sites for hydroxylation is 3. The maximum atomic E-state index is 12.1. The summed E-state index contributed by atoms with van der Waals surface area (Å²) in [4.78, 5) is 16.5. The van der Waals surface area contributed by atoms with Crippen LogP contribution in [0.25, 0.3) is 11.4 Å². The van der Waals surface area contributed by atoms with Crippen molar-refractivity contribution in [3.63, 3.8) is 0 Å². The molecule has 0 spiro atoms. The first-order chi connectivity index (χ1) is 13.1. The van der Waals surface area contributed by atoms with Crippen molar-refractivity contribution < 1.29 is 14.1 Å². The molecule has 140 valence electrons. The second-order valence-electron chi connectivity index (χ2n) is 6.41. The van der Waals surface area contributed by atoms with Gasteiger partial charge in [0.25, 0.3) is 0 Å². The van der Waals surface area contributed by atoms with E-state index in [1.807, 2.05) is 56.3 Å². The van der Waals surface area contributed by atoms with Crippen LogP contribution in [0.3, 0.4) is 0 Å². The van der Waals surface area contributed by atoms with Gasteiger partial charge in [0, 0.05) is 12.0 Å². The van der Waals surface area contributed by atoms with Crippen molar-refractivity contribution in [3.05, 3.63) is 65.0 Å². The van der Waals surface area contributed by atoms with Crippen molar-refractivity contribution in [2.75, 3.05) is 7.11 Å². The van der Waals surface area contributed by atoms with E-state index in [-0.39, 0.29) is 12.5 Å². The molecule has 0 unspecified atom stereocenters. The summed E-state index contributed by atoms with van der Waals surface area (Å²) in [6.45, 7) is 4.21. The normalized spacial score (nSPS) is 10.6. The standard InChI is InChI=1S/C21H23N3O3/c1-14-6-4-5-7-17(14)21-23-20(27-24-21)13-22-19(25)11-9-16-8-10-18(26-3)15(2)12-16/h4-8,10,12H,9,11,13H2,1-3H3,(H,22,25). The van der Waals surface area contributed by atoms with Gasteiger partial charge in [0.15, 0.2) is 0 Å². The van der Waals surface area contributed by atoms with Crippen molar-refractivity contribution >= 4 is 5.91 Å². The van der Waals surface area contributed by atoms with Crippen LogP contribution in [0.1, 0.15) is 29.0 Å². The van der Waals surface area contributed by atoms with Crippen LogP contribution >= 0.6 is 0 Å². The molecule has 1 aromatic heterocycles. The van der Waals surface area contributed by atoms with Crippen molar-refractivity contribution in [2.24, 2.45) is 0 Å². The van der Waals surface area contributed by atoms with E-state index >= 15 is 0 Å². The Morgan fingerprint density at radius 2 is 1.96 bits per heavy atom. The number of hydrogen-bond acceptors (Lipinski definition) is 5. The molecule has 1 N–H and O–H groups in total. The highest BCUT2D eigenvalue weighted by atomic mass is 16.5. The van der Waals surface area contributed by atoms with Gasteiger partial charge in [-0.1, -0.05) is 41.6 Å². The topological polar surface area (TPSA) is 77.2 Å². The maximum Gasteiger partial charge on any atom is 0.246 e. The zero-order valence-corrected chi connectivity index (χ0v) is 15.8. The largest absolute Gasteiger partial charge is 0.496 e. The lowest BCUT2D eigenvalue weighted by Gasteiger charge is -2.07. The zero-order valence-electron chi connectivity index (χ0n) is 15.8. The van der Waals surface area contributed by atoms with Crippen molar-refractivity contribution in [1.82, 2.24) is 15.5 Å². The number of aromatic nitrogens is 2. The first-order valence-corrected chi connectivity index (χ1v) is 8.85. The molecular weight excluding hydrogens is 342 g/mol. The van der Waals surface area contributed by atoms with Crippen LogP contribution in [0.2, 0.25) is 0 Å². The Balaban J connectivity index is 1.51. The molecule has 0 bridgehead atoms. The van der Waals surface area contributed by atoms with Gasteiger partial charge in [-0.25, -0.2) is 0 Å². The number of carbonyl (C=O) groups excluding carboxylic acids is 1. The van der Waals surface area contributed by atoms with Crippen LogP contribution in [-0.2, 0) is 17.8 Å². The molecule has 0 atom stereocenters. The summed E-state index contributed by atoms with van der Waals surface area (Å²) >= 11 is 0. The SMILES string of the molecule is COc1ccc(CCC(=O)NCc2nc(-c3ccccc3C)no2)cc1C. The van der Waals surface area contributed by atoms with Gasteiger partial charge >= 0.3 is 0 Å². The van der Waals surface area contributed by atoms with E-state index in [4.69, 9.17) is 9.26 Å². The highest BCUT2D eigenvalue weighted by Crippen LogP contribution is 2.20. The number of rotatable bonds is 7. The third-order valence-corrected chi connectivity index (χ3v) is 4.39. The third-order valence-electron chi connectivity index (χ3n) is 4.39.